The fourth-order valence-electron chi connectivity index (χ4n) is 10.4. The number of aliphatic hydroxyl groups is 1. The highest BCUT2D eigenvalue weighted by molar-refractivity contribution is 7.47. The predicted octanol–water partition coefficient (Wildman–Crippen LogP) is 20.3. The Hall–Kier alpha value is -2.46. The van der Waals surface area contributed by atoms with E-state index in [1.165, 1.54) is 148 Å². The molecular formula is C72H136O17P2. The van der Waals surface area contributed by atoms with E-state index in [0.717, 1.165) is 115 Å². The van der Waals surface area contributed by atoms with E-state index in [1.54, 1.807) is 0 Å². The van der Waals surface area contributed by atoms with E-state index >= 15 is 0 Å². The van der Waals surface area contributed by atoms with Crippen LogP contribution in [0.4, 0.5) is 0 Å². The average Bonchev–Trinajstić information content (AvgIpc) is 3.65. The van der Waals surface area contributed by atoms with Crippen LogP contribution in [-0.2, 0) is 65.4 Å². The first-order valence-electron chi connectivity index (χ1n) is 36.8. The molecule has 0 aromatic rings. The summed E-state index contributed by atoms with van der Waals surface area (Å²) in [5.74, 6) is -0.646. The molecule has 2 unspecified atom stereocenters. The van der Waals surface area contributed by atoms with Gasteiger partial charge in [-0.2, -0.15) is 0 Å². The third kappa shape index (κ3) is 66.0. The number of unbranched alkanes of at least 4 members (excludes halogenated alkanes) is 36. The predicted molar refractivity (Wildman–Crippen MR) is 367 cm³/mol. The molecule has 0 fully saturated rings. The molecule has 0 heterocycles. The van der Waals surface area contributed by atoms with Gasteiger partial charge in [-0.05, 0) is 63.2 Å². The van der Waals surface area contributed by atoms with Crippen molar-refractivity contribution in [2.45, 2.75) is 362 Å². The second-order valence-electron chi connectivity index (χ2n) is 26.2. The van der Waals surface area contributed by atoms with Gasteiger partial charge < -0.3 is 33.8 Å². The third-order valence-corrected chi connectivity index (χ3v) is 18.0. The summed E-state index contributed by atoms with van der Waals surface area (Å²) >= 11 is 0. The second-order valence-corrected chi connectivity index (χ2v) is 29.2. The molecule has 0 aromatic heterocycles. The van der Waals surface area contributed by atoms with Gasteiger partial charge in [-0.25, -0.2) is 9.13 Å². The first-order chi connectivity index (χ1) is 43.9. The lowest BCUT2D eigenvalue weighted by Crippen LogP contribution is -2.30. The highest BCUT2D eigenvalue weighted by Crippen LogP contribution is 2.45. The van der Waals surface area contributed by atoms with Crippen LogP contribution in [0, 0.1) is 11.8 Å². The fourth-order valence-corrected chi connectivity index (χ4v) is 12.0. The van der Waals surface area contributed by atoms with Gasteiger partial charge in [0.1, 0.15) is 19.3 Å². The Labute approximate surface area is 554 Å². The number of rotatable bonds is 69. The van der Waals surface area contributed by atoms with Gasteiger partial charge in [0, 0.05) is 25.7 Å². The topological polar surface area (TPSA) is 237 Å². The second kappa shape index (κ2) is 63.6. The number of hydrogen-bond acceptors (Lipinski definition) is 15. The molecule has 0 saturated heterocycles. The molecule has 91 heavy (non-hydrogen) atoms. The molecule has 0 aromatic carbocycles. The smallest absolute Gasteiger partial charge is 0.462 e. The van der Waals surface area contributed by atoms with E-state index < -0.39 is 97.5 Å². The maximum Gasteiger partial charge on any atom is 0.472 e. The Morgan fingerprint density at radius 2 is 0.593 bits per heavy atom. The van der Waals surface area contributed by atoms with Crippen molar-refractivity contribution in [3.05, 3.63) is 24.3 Å². The van der Waals surface area contributed by atoms with Gasteiger partial charge in [0.2, 0.25) is 0 Å². The minimum atomic E-state index is -4.96. The Morgan fingerprint density at radius 3 is 0.901 bits per heavy atom. The Bertz CT molecular complexity index is 1860. The molecule has 0 aliphatic heterocycles. The molecule has 0 bridgehead atoms. The Kier molecular flexibility index (Phi) is 61.9. The number of allylic oxidation sites excluding steroid dienone is 4. The molecule has 0 aliphatic rings. The molecule has 17 nitrogen and oxygen atoms in total. The lowest BCUT2D eigenvalue weighted by molar-refractivity contribution is -0.161. The molecule has 0 rings (SSSR count). The van der Waals surface area contributed by atoms with Crippen LogP contribution in [0.3, 0.4) is 0 Å². The van der Waals surface area contributed by atoms with Crippen LogP contribution < -0.4 is 0 Å². The Balaban J connectivity index is 5.29. The summed E-state index contributed by atoms with van der Waals surface area (Å²) in [6.45, 7) is 9.47. The molecule has 0 radical (unpaired) electrons. The summed E-state index contributed by atoms with van der Waals surface area (Å²) in [6.07, 6.45) is 52.1. The van der Waals surface area contributed by atoms with E-state index in [4.69, 9.17) is 37.0 Å². The summed E-state index contributed by atoms with van der Waals surface area (Å²) in [7, 11) is -9.92. The first kappa shape index (κ1) is 88.5. The number of hydrogen-bond donors (Lipinski definition) is 3. The van der Waals surface area contributed by atoms with Crippen molar-refractivity contribution >= 4 is 39.5 Å². The van der Waals surface area contributed by atoms with E-state index in [0.29, 0.717) is 25.7 Å². The molecule has 3 N–H and O–H groups in total. The number of esters is 4. The van der Waals surface area contributed by atoms with Crippen molar-refractivity contribution in [1.82, 2.24) is 0 Å². The zero-order valence-electron chi connectivity index (χ0n) is 58.6. The van der Waals surface area contributed by atoms with Crippen LogP contribution in [0.1, 0.15) is 343 Å². The van der Waals surface area contributed by atoms with Crippen molar-refractivity contribution < 1.29 is 80.2 Å². The molecule has 0 amide bonds. The van der Waals surface area contributed by atoms with Gasteiger partial charge in [-0.15, -0.1) is 0 Å². The highest BCUT2D eigenvalue weighted by Gasteiger charge is 2.30. The van der Waals surface area contributed by atoms with Crippen molar-refractivity contribution in [2.75, 3.05) is 39.6 Å². The Morgan fingerprint density at radius 1 is 0.341 bits per heavy atom. The van der Waals surface area contributed by atoms with E-state index in [9.17, 15) is 43.2 Å². The van der Waals surface area contributed by atoms with Gasteiger partial charge in [0.05, 0.1) is 26.4 Å². The quantitative estimate of drug-likeness (QED) is 0.0169. The van der Waals surface area contributed by atoms with Gasteiger partial charge in [-0.1, -0.05) is 291 Å². The summed E-state index contributed by atoms with van der Waals surface area (Å²) in [6, 6.07) is 0. The van der Waals surface area contributed by atoms with Gasteiger partial charge >= 0.3 is 39.5 Å². The lowest BCUT2D eigenvalue weighted by Gasteiger charge is -2.21. The van der Waals surface area contributed by atoms with E-state index in [2.05, 4.69) is 65.8 Å². The normalized spacial score (nSPS) is 14.3. The summed E-state index contributed by atoms with van der Waals surface area (Å²) in [5.41, 5.74) is 0. The molecule has 0 aliphatic carbocycles. The van der Waals surface area contributed by atoms with Crippen LogP contribution in [0.25, 0.3) is 0 Å². The van der Waals surface area contributed by atoms with E-state index in [1.807, 2.05) is 0 Å². The minimum Gasteiger partial charge on any atom is -0.462 e. The van der Waals surface area contributed by atoms with Crippen molar-refractivity contribution in [1.29, 1.82) is 0 Å². The van der Waals surface area contributed by atoms with Crippen LogP contribution >= 0.6 is 15.6 Å². The zero-order chi connectivity index (χ0) is 67.2. The number of aliphatic hydroxyl groups excluding tert-OH is 1. The van der Waals surface area contributed by atoms with Crippen LogP contribution in [-0.4, -0.2) is 96.7 Å². The van der Waals surface area contributed by atoms with Crippen molar-refractivity contribution in [2.24, 2.45) is 11.8 Å². The van der Waals surface area contributed by atoms with Crippen molar-refractivity contribution in [3.63, 3.8) is 0 Å². The molecule has 0 spiro atoms. The number of phosphoric acid groups is 2. The monoisotopic (exact) mass is 1330 g/mol. The molecule has 536 valence electrons. The van der Waals surface area contributed by atoms with Gasteiger partial charge in [-0.3, -0.25) is 37.3 Å². The maximum absolute atomic E-state index is 13.0. The number of carbonyl (C=O) groups excluding carboxylic acids is 4. The first-order valence-corrected chi connectivity index (χ1v) is 39.8. The molecule has 19 heteroatoms. The van der Waals surface area contributed by atoms with Crippen LogP contribution in [0.2, 0.25) is 0 Å². The average molecular weight is 1340 g/mol. The molecule has 0 saturated carbocycles. The lowest BCUT2D eigenvalue weighted by atomic mass is 10.0. The number of carbonyl (C=O) groups is 4. The molecule has 5 atom stereocenters. The van der Waals surface area contributed by atoms with Crippen molar-refractivity contribution in [3.8, 4) is 0 Å². The fraction of sp³-hybridized carbons (Fsp3) is 0.889. The number of ether oxygens (including phenoxy) is 4. The van der Waals surface area contributed by atoms with Crippen LogP contribution in [0.5, 0.6) is 0 Å². The SMILES string of the molecule is CCCCCC/C=C\C=C/CCCCCCCC(=O)O[C@H](COC(=O)CCCCCCCCCCCCC(C)C)COP(=O)(O)OC[C@@H](O)COP(=O)(O)OC[C@@H](COC(=O)CCCCCCCCCCCC)OC(=O)CCCCCCCCCCCCC(C)C. The summed E-state index contributed by atoms with van der Waals surface area (Å²) in [4.78, 5) is 72.6. The van der Waals surface area contributed by atoms with Gasteiger partial charge in [0.25, 0.3) is 0 Å². The van der Waals surface area contributed by atoms with Gasteiger partial charge in [0.15, 0.2) is 12.2 Å². The highest BCUT2D eigenvalue weighted by atomic mass is 31.2. The minimum absolute atomic E-state index is 0.0847. The molecular weight excluding hydrogens is 1200 g/mol. The van der Waals surface area contributed by atoms with E-state index in [-0.39, 0.29) is 25.7 Å². The maximum atomic E-state index is 13.0. The summed E-state index contributed by atoms with van der Waals surface area (Å²) < 4.78 is 68.3. The standard InChI is InChI=1S/C72H136O17P2/c1-7-9-11-13-15-17-19-20-21-22-23-32-38-44-50-56-71(76)88-68(61-83-70(75)55-49-43-37-31-26-24-28-34-40-46-52-64(3)4)63-87-91(80,81)85-59-66(73)58-84-90(78,79)86-62-67(60-82-69(74)54-48-42-36-30-18-16-14-12-10-8-2)89-72(77)57-51-45-39-33-27-25-29-35-41-47-53-65(5)6/h17,19-21,64-68,73H,7-16,18,22-63H2,1-6H3,(H,78,79)(H,80,81)/b19-17-,21-20-/t66-,67+,68+/m0/s1. The number of phosphoric ester groups is 2. The van der Waals surface area contributed by atoms with Crippen LogP contribution in [0.15, 0.2) is 24.3 Å². The summed E-state index contributed by atoms with van der Waals surface area (Å²) in [5, 5.41) is 10.6. The third-order valence-electron chi connectivity index (χ3n) is 16.1. The largest absolute Gasteiger partial charge is 0.472 e. The zero-order valence-corrected chi connectivity index (χ0v) is 60.4.